The van der Waals surface area contributed by atoms with Gasteiger partial charge < -0.3 is 15.0 Å². The number of benzene rings is 1. The summed E-state index contributed by atoms with van der Waals surface area (Å²) < 4.78 is 5.88. The third-order valence-electron chi connectivity index (χ3n) is 5.44. The molecule has 1 amide bonds. The molecule has 0 spiro atoms. The van der Waals surface area contributed by atoms with Gasteiger partial charge in [0.05, 0.1) is 28.8 Å². The van der Waals surface area contributed by atoms with Gasteiger partial charge in [-0.3, -0.25) is 9.69 Å². The normalized spacial score (nSPS) is 20.9. The number of carbonyl (C=O) groups is 1. The van der Waals surface area contributed by atoms with Crippen molar-refractivity contribution in [1.82, 2.24) is 25.2 Å². The Morgan fingerprint density at radius 1 is 1.27 bits per heavy atom. The minimum atomic E-state index is -0.199. The molecule has 0 aliphatic carbocycles. The predicted molar refractivity (Wildman–Crippen MR) is 117 cm³/mol. The van der Waals surface area contributed by atoms with Crippen molar-refractivity contribution in [2.24, 2.45) is 0 Å². The lowest BCUT2D eigenvalue weighted by atomic mass is 10.1. The van der Waals surface area contributed by atoms with Crippen LogP contribution in [-0.4, -0.2) is 57.6 Å². The highest BCUT2D eigenvalue weighted by atomic mass is 35.5. The molecule has 0 bridgehead atoms. The van der Waals surface area contributed by atoms with Crippen molar-refractivity contribution in [2.75, 3.05) is 19.6 Å². The summed E-state index contributed by atoms with van der Waals surface area (Å²) >= 11 is 6.49. The summed E-state index contributed by atoms with van der Waals surface area (Å²) in [7, 11) is 0. The van der Waals surface area contributed by atoms with Crippen LogP contribution in [0.2, 0.25) is 5.02 Å². The summed E-state index contributed by atoms with van der Waals surface area (Å²) in [5, 5.41) is 4.36. The summed E-state index contributed by atoms with van der Waals surface area (Å²) in [5.74, 6) is 0.521. The van der Waals surface area contributed by atoms with Gasteiger partial charge in [0.25, 0.3) is 5.91 Å². The number of hydrogen-bond donors (Lipinski definition) is 2. The van der Waals surface area contributed by atoms with Gasteiger partial charge in [0, 0.05) is 54.7 Å². The van der Waals surface area contributed by atoms with E-state index in [1.807, 2.05) is 37.6 Å². The number of aromatic nitrogens is 3. The van der Waals surface area contributed by atoms with E-state index in [2.05, 4.69) is 39.0 Å². The second kappa shape index (κ2) is 8.71. The second-order valence-electron chi connectivity index (χ2n) is 7.87. The van der Waals surface area contributed by atoms with Gasteiger partial charge in [0.15, 0.2) is 0 Å². The topological polar surface area (TPSA) is 83.1 Å². The Labute approximate surface area is 180 Å². The molecular weight excluding hydrogens is 402 g/mol. The first-order chi connectivity index (χ1) is 14.4. The Hall–Kier alpha value is -2.48. The fourth-order valence-electron chi connectivity index (χ4n) is 4.06. The van der Waals surface area contributed by atoms with E-state index in [1.165, 1.54) is 0 Å². The van der Waals surface area contributed by atoms with Crippen molar-refractivity contribution >= 4 is 28.4 Å². The van der Waals surface area contributed by atoms with Crippen LogP contribution in [0.4, 0.5) is 0 Å². The number of halogens is 1. The summed E-state index contributed by atoms with van der Waals surface area (Å²) in [6.07, 6.45) is 5.71. The van der Waals surface area contributed by atoms with E-state index in [0.717, 1.165) is 35.4 Å². The van der Waals surface area contributed by atoms with Gasteiger partial charge in [-0.05, 0) is 39.0 Å². The summed E-state index contributed by atoms with van der Waals surface area (Å²) in [4.78, 5) is 27.1. The standard InChI is InChI=1S/C22H26ClN5O2/c1-13-11-28(12-14(2)30-13)20(16-8-25-15(3)26-9-16)10-27-22(29)18-4-5-19-17(21(18)23)6-7-24-19/h4-9,13-14,20,24H,10-12H2,1-3H3,(H,27,29)/t13-,14-,20?/m1/s1. The van der Waals surface area contributed by atoms with Crippen molar-refractivity contribution in [1.29, 1.82) is 0 Å². The van der Waals surface area contributed by atoms with Crippen LogP contribution in [0.25, 0.3) is 10.9 Å². The molecule has 1 aliphatic heterocycles. The first-order valence-electron chi connectivity index (χ1n) is 10.1. The smallest absolute Gasteiger partial charge is 0.252 e. The fraction of sp³-hybridized carbons (Fsp3) is 0.409. The van der Waals surface area contributed by atoms with Crippen LogP contribution in [0.5, 0.6) is 0 Å². The summed E-state index contributed by atoms with van der Waals surface area (Å²) in [6.45, 7) is 7.96. The molecule has 2 N–H and O–H groups in total. The summed E-state index contributed by atoms with van der Waals surface area (Å²) in [5.41, 5.74) is 2.34. The van der Waals surface area contributed by atoms with Crippen molar-refractivity contribution in [3.8, 4) is 0 Å². The highest BCUT2D eigenvalue weighted by molar-refractivity contribution is 6.38. The molecule has 4 rings (SSSR count). The third-order valence-corrected chi connectivity index (χ3v) is 5.85. The molecule has 8 heteroatoms. The maximum atomic E-state index is 13.0. The van der Waals surface area contributed by atoms with E-state index < -0.39 is 0 Å². The van der Waals surface area contributed by atoms with Gasteiger partial charge in [-0.25, -0.2) is 9.97 Å². The van der Waals surface area contributed by atoms with Crippen molar-refractivity contribution in [2.45, 2.75) is 39.0 Å². The van der Waals surface area contributed by atoms with Crippen LogP contribution in [0, 0.1) is 6.92 Å². The predicted octanol–water partition coefficient (Wildman–Crippen LogP) is 3.50. The molecule has 30 heavy (non-hydrogen) atoms. The molecule has 3 heterocycles. The number of fused-ring (bicyclic) bond motifs is 1. The SMILES string of the molecule is Cc1ncc(C(CNC(=O)c2ccc3[nH]ccc3c2Cl)N2C[C@@H](C)O[C@H](C)C2)cn1. The largest absolute Gasteiger partial charge is 0.373 e. The van der Waals surface area contributed by atoms with Crippen molar-refractivity contribution in [3.05, 3.63) is 58.8 Å². The molecule has 2 aromatic heterocycles. The number of H-pyrrole nitrogens is 1. The monoisotopic (exact) mass is 427 g/mol. The second-order valence-corrected chi connectivity index (χ2v) is 8.24. The van der Waals surface area contributed by atoms with Gasteiger partial charge in [-0.1, -0.05) is 11.6 Å². The maximum absolute atomic E-state index is 13.0. The number of aryl methyl sites for hydroxylation is 1. The van der Waals surface area contributed by atoms with Crippen LogP contribution in [-0.2, 0) is 4.74 Å². The Bertz CT molecular complexity index is 1030. The minimum Gasteiger partial charge on any atom is -0.373 e. The fourth-order valence-corrected chi connectivity index (χ4v) is 4.37. The first kappa shape index (κ1) is 20.8. The number of nitrogens with zero attached hydrogens (tertiary/aromatic N) is 3. The van der Waals surface area contributed by atoms with Crippen molar-refractivity contribution in [3.63, 3.8) is 0 Å². The number of rotatable bonds is 5. The average Bonchev–Trinajstić information content (AvgIpc) is 3.19. The van der Waals surface area contributed by atoms with Crippen molar-refractivity contribution < 1.29 is 9.53 Å². The number of amides is 1. The van der Waals surface area contributed by atoms with Gasteiger partial charge in [-0.2, -0.15) is 0 Å². The highest BCUT2D eigenvalue weighted by Crippen LogP contribution is 2.27. The molecule has 158 valence electrons. The molecule has 1 fully saturated rings. The lowest BCUT2D eigenvalue weighted by Crippen LogP contribution is -2.49. The molecule has 1 aromatic carbocycles. The van der Waals surface area contributed by atoms with Gasteiger partial charge in [0.1, 0.15) is 5.82 Å². The van der Waals surface area contributed by atoms with E-state index in [4.69, 9.17) is 16.3 Å². The number of ether oxygens (including phenoxy) is 1. The molecule has 1 aliphatic rings. The molecule has 0 radical (unpaired) electrons. The average molecular weight is 428 g/mol. The summed E-state index contributed by atoms with van der Waals surface area (Å²) in [6, 6.07) is 5.43. The zero-order valence-corrected chi connectivity index (χ0v) is 18.1. The quantitative estimate of drug-likeness (QED) is 0.651. The van der Waals surface area contributed by atoms with E-state index in [9.17, 15) is 4.79 Å². The van der Waals surface area contributed by atoms with Gasteiger partial charge >= 0.3 is 0 Å². The molecule has 0 saturated carbocycles. The van der Waals surface area contributed by atoms with Crippen LogP contribution >= 0.6 is 11.6 Å². The maximum Gasteiger partial charge on any atom is 0.252 e. The van der Waals surface area contributed by atoms with E-state index >= 15 is 0 Å². The minimum absolute atomic E-state index is 0.0573. The third kappa shape index (κ3) is 4.33. The molecule has 1 unspecified atom stereocenters. The molecule has 3 aromatic rings. The van der Waals surface area contributed by atoms with E-state index in [1.54, 1.807) is 6.07 Å². The van der Waals surface area contributed by atoms with E-state index in [-0.39, 0.29) is 24.2 Å². The van der Waals surface area contributed by atoms with Crippen LogP contribution in [0.1, 0.15) is 41.6 Å². The zero-order chi connectivity index (χ0) is 21.3. The van der Waals surface area contributed by atoms with Crippen LogP contribution in [0.3, 0.4) is 0 Å². The zero-order valence-electron chi connectivity index (χ0n) is 17.4. The van der Waals surface area contributed by atoms with Crippen LogP contribution < -0.4 is 5.32 Å². The Balaban J connectivity index is 1.55. The van der Waals surface area contributed by atoms with Gasteiger partial charge in [0.2, 0.25) is 0 Å². The van der Waals surface area contributed by atoms with E-state index in [0.29, 0.717) is 17.1 Å². The Kier molecular flexibility index (Phi) is 6.04. The first-order valence-corrected chi connectivity index (χ1v) is 10.5. The number of carbonyl (C=O) groups excluding carboxylic acids is 1. The molecular formula is C22H26ClN5O2. The number of nitrogens with one attached hydrogen (secondary N) is 2. The van der Waals surface area contributed by atoms with Gasteiger partial charge in [-0.15, -0.1) is 0 Å². The number of aromatic amines is 1. The number of hydrogen-bond acceptors (Lipinski definition) is 5. The molecule has 3 atom stereocenters. The Morgan fingerprint density at radius 3 is 2.67 bits per heavy atom. The molecule has 1 saturated heterocycles. The highest BCUT2D eigenvalue weighted by Gasteiger charge is 2.30. The molecule has 7 nitrogen and oxygen atoms in total. The lowest BCUT2D eigenvalue weighted by Gasteiger charge is -2.40. The lowest BCUT2D eigenvalue weighted by molar-refractivity contribution is -0.0805. The van der Waals surface area contributed by atoms with Crippen LogP contribution in [0.15, 0.2) is 36.8 Å². The Morgan fingerprint density at radius 2 is 1.97 bits per heavy atom. The number of morpholine rings is 1.